The SMILES string of the molecule is CC(O)CC1CCCCN1CCN1CCNC1=O. The number of hydrogen-bond acceptors (Lipinski definition) is 3. The summed E-state index contributed by atoms with van der Waals surface area (Å²) in [6, 6.07) is 0.559. The molecule has 2 N–H and O–H groups in total. The average molecular weight is 255 g/mol. The molecule has 2 saturated heterocycles. The number of hydrogen-bond donors (Lipinski definition) is 2. The van der Waals surface area contributed by atoms with E-state index in [-0.39, 0.29) is 12.1 Å². The minimum atomic E-state index is -0.231. The number of amides is 2. The highest BCUT2D eigenvalue weighted by atomic mass is 16.3. The number of urea groups is 1. The van der Waals surface area contributed by atoms with Gasteiger partial charge in [-0.15, -0.1) is 0 Å². The minimum Gasteiger partial charge on any atom is -0.393 e. The van der Waals surface area contributed by atoms with Crippen LogP contribution < -0.4 is 5.32 Å². The molecule has 2 amide bonds. The van der Waals surface area contributed by atoms with Gasteiger partial charge in [0.1, 0.15) is 0 Å². The van der Waals surface area contributed by atoms with E-state index in [2.05, 4.69) is 10.2 Å². The van der Waals surface area contributed by atoms with Gasteiger partial charge in [0.2, 0.25) is 0 Å². The summed E-state index contributed by atoms with van der Waals surface area (Å²) in [5.41, 5.74) is 0. The van der Waals surface area contributed by atoms with Gasteiger partial charge in [-0.05, 0) is 32.7 Å². The van der Waals surface area contributed by atoms with Crippen molar-refractivity contribution in [1.29, 1.82) is 0 Å². The first-order valence-electron chi connectivity index (χ1n) is 7.11. The lowest BCUT2D eigenvalue weighted by molar-refractivity contribution is 0.0819. The van der Waals surface area contributed by atoms with Gasteiger partial charge in [0.25, 0.3) is 0 Å². The number of rotatable bonds is 5. The van der Waals surface area contributed by atoms with Gasteiger partial charge < -0.3 is 15.3 Å². The van der Waals surface area contributed by atoms with Crippen molar-refractivity contribution in [1.82, 2.24) is 15.1 Å². The van der Waals surface area contributed by atoms with Gasteiger partial charge in [0.15, 0.2) is 0 Å². The van der Waals surface area contributed by atoms with Crippen molar-refractivity contribution in [3.63, 3.8) is 0 Å². The molecular weight excluding hydrogens is 230 g/mol. The number of carbonyl (C=O) groups excluding carboxylic acids is 1. The van der Waals surface area contributed by atoms with Crippen LogP contribution in [0.3, 0.4) is 0 Å². The standard InChI is InChI=1S/C13H25N3O2/c1-11(17)10-12-4-2-3-6-15(12)8-9-16-7-5-14-13(16)18/h11-12,17H,2-10H2,1H3,(H,14,18). The molecule has 2 aliphatic rings. The molecule has 0 aromatic rings. The third-order valence-corrected chi connectivity index (χ3v) is 3.96. The maximum atomic E-state index is 11.5. The van der Waals surface area contributed by atoms with Gasteiger partial charge in [-0.2, -0.15) is 0 Å². The fourth-order valence-electron chi connectivity index (χ4n) is 2.99. The summed E-state index contributed by atoms with van der Waals surface area (Å²) in [7, 11) is 0. The Balaban J connectivity index is 1.79. The molecule has 2 unspecified atom stereocenters. The van der Waals surface area contributed by atoms with Crippen molar-refractivity contribution in [3.8, 4) is 0 Å². The molecule has 0 spiro atoms. The van der Waals surface area contributed by atoms with Crippen molar-refractivity contribution in [2.75, 3.05) is 32.7 Å². The molecule has 0 radical (unpaired) electrons. The molecule has 2 aliphatic heterocycles. The Bertz CT molecular complexity index is 283. The summed E-state index contributed by atoms with van der Waals surface area (Å²) in [5.74, 6) is 0. The average Bonchev–Trinajstić information content (AvgIpc) is 2.73. The van der Waals surface area contributed by atoms with Gasteiger partial charge in [-0.3, -0.25) is 4.90 Å². The van der Waals surface area contributed by atoms with Crippen LogP contribution in [-0.4, -0.2) is 65.8 Å². The summed E-state index contributed by atoms with van der Waals surface area (Å²) < 4.78 is 0. The third-order valence-electron chi connectivity index (χ3n) is 3.96. The molecule has 0 aliphatic carbocycles. The zero-order valence-electron chi connectivity index (χ0n) is 11.3. The molecule has 104 valence electrons. The molecular formula is C13H25N3O2. The van der Waals surface area contributed by atoms with E-state index in [1.54, 1.807) is 0 Å². The predicted octanol–water partition coefficient (Wildman–Crippen LogP) is 0.637. The molecule has 5 heteroatoms. The first-order valence-corrected chi connectivity index (χ1v) is 7.11. The highest BCUT2D eigenvalue weighted by molar-refractivity contribution is 5.76. The summed E-state index contributed by atoms with van der Waals surface area (Å²) >= 11 is 0. The monoisotopic (exact) mass is 255 g/mol. The van der Waals surface area contributed by atoms with E-state index in [4.69, 9.17) is 0 Å². The highest BCUT2D eigenvalue weighted by Gasteiger charge is 2.25. The molecule has 2 heterocycles. The number of nitrogens with zero attached hydrogens (tertiary/aromatic N) is 2. The second-order valence-electron chi connectivity index (χ2n) is 5.49. The Hall–Kier alpha value is -0.810. The first-order chi connectivity index (χ1) is 8.66. The number of aliphatic hydroxyl groups is 1. The minimum absolute atomic E-state index is 0.0686. The van der Waals surface area contributed by atoms with Crippen molar-refractivity contribution in [2.45, 2.75) is 44.8 Å². The number of nitrogens with one attached hydrogen (secondary N) is 1. The molecule has 0 aromatic heterocycles. The fraction of sp³-hybridized carbons (Fsp3) is 0.923. The lowest BCUT2D eigenvalue weighted by Gasteiger charge is -2.37. The van der Waals surface area contributed by atoms with Crippen LogP contribution in [0.25, 0.3) is 0 Å². The van der Waals surface area contributed by atoms with E-state index >= 15 is 0 Å². The molecule has 2 fully saturated rings. The Labute approximate surface area is 109 Å². The Morgan fingerprint density at radius 2 is 2.22 bits per heavy atom. The highest BCUT2D eigenvalue weighted by Crippen LogP contribution is 2.20. The van der Waals surface area contributed by atoms with Crippen LogP contribution >= 0.6 is 0 Å². The second kappa shape index (κ2) is 6.38. The predicted molar refractivity (Wildman–Crippen MR) is 70.5 cm³/mol. The third kappa shape index (κ3) is 3.59. The van der Waals surface area contributed by atoms with Gasteiger partial charge in [-0.25, -0.2) is 4.79 Å². The normalized spacial score (nSPS) is 27.3. The molecule has 2 atom stereocenters. The summed E-state index contributed by atoms with van der Waals surface area (Å²) in [6.45, 7) is 6.31. The van der Waals surface area contributed by atoms with E-state index in [0.29, 0.717) is 6.04 Å². The number of carbonyl (C=O) groups is 1. The molecule has 5 nitrogen and oxygen atoms in total. The van der Waals surface area contributed by atoms with Crippen molar-refractivity contribution in [3.05, 3.63) is 0 Å². The van der Waals surface area contributed by atoms with Gasteiger partial charge >= 0.3 is 6.03 Å². The van der Waals surface area contributed by atoms with Crippen LogP contribution in [-0.2, 0) is 0 Å². The lowest BCUT2D eigenvalue weighted by Crippen LogP contribution is -2.45. The summed E-state index contributed by atoms with van der Waals surface area (Å²) in [6.07, 6.45) is 4.30. The van der Waals surface area contributed by atoms with Crippen LogP contribution in [0, 0.1) is 0 Å². The number of piperidine rings is 1. The smallest absolute Gasteiger partial charge is 0.317 e. The maximum Gasteiger partial charge on any atom is 0.317 e. The van der Waals surface area contributed by atoms with E-state index in [0.717, 1.165) is 39.1 Å². The van der Waals surface area contributed by atoms with Gasteiger partial charge in [0.05, 0.1) is 6.10 Å². The fourth-order valence-corrected chi connectivity index (χ4v) is 2.99. The Morgan fingerprint density at radius 3 is 2.89 bits per heavy atom. The van der Waals surface area contributed by atoms with Crippen LogP contribution in [0.5, 0.6) is 0 Å². The Morgan fingerprint density at radius 1 is 1.39 bits per heavy atom. The van der Waals surface area contributed by atoms with Crippen molar-refractivity contribution >= 4 is 6.03 Å². The first kappa shape index (κ1) is 13.6. The van der Waals surface area contributed by atoms with Crippen LogP contribution in [0.15, 0.2) is 0 Å². The largest absolute Gasteiger partial charge is 0.393 e. The molecule has 0 aromatic carbocycles. The van der Waals surface area contributed by atoms with Crippen LogP contribution in [0.1, 0.15) is 32.6 Å². The Kier molecular flexibility index (Phi) is 4.83. The summed E-state index contributed by atoms with van der Waals surface area (Å²) in [4.78, 5) is 15.8. The number of aliphatic hydroxyl groups excluding tert-OH is 1. The number of likely N-dealkylation sites (tertiary alicyclic amines) is 1. The van der Waals surface area contributed by atoms with Crippen LogP contribution in [0.4, 0.5) is 4.79 Å². The maximum absolute atomic E-state index is 11.5. The topological polar surface area (TPSA) is 55.8 Å². The van der Waals surface area contributed by atoms with E-state index in [9.17, 15) is 9.90 Å². The second-order valence-corrected chi connectivity index (χ2v) is 5.49. The quantitative estimate of drug-likeness (QED) is 0.758. The van der Waals surface area contributed by atoms with Crippen LogP contribution in [0.2, 0.25) is 0 Å². The zero-order valence-corrected chi connectivity index (χ0v) is 11.3. The van der Waals surface area contributed by atoms with Gasteiger partial charge in [-0.1, -0.05) is 6.42 Å². The zero-order chi connectivity index (χ0) is 13.0. The van der Waals surface area contributed by atoms with Crippen molar-refractivity contribution in [2.24, 2.45) is 0 Å². The van der Waals surface area contributed by atoms with E-state index in [1.807, 2.05) is 11.8 Å². The molecule has 18 heavy (non-hydrogen) atoms. The molecule has 0 saturated carbocycles. The molecule has 2 rings (SSSR count). The lowest BCUT2D eigenvalue weighted by atomic mass is 9.97. The van der Waals surface area contributed by atoms with Gasteiger partial charge in [0, 0.05) is 32.2 Å². The van der Waals surface area contributed by atoms with Crippen molar-refractivity contribution < 1.29 is 9.90 Å². The molecule has 0 bridgehead atoms. The van der Waals surface area contributed by atoms with E-state index in [1.165, 1.54) is 19.3 Å². The van der Waals surface area contributed by atoms with E-state index < -0.39 is 0 Å². The summed E-state index contributed by atoms with van der Waals surface area (Å²) in [5, 5.41) is 12.4.